The lowest BCUT2D eigenvalue weighted by Gasteiger charge is -2.13. The molecule has 0 radical (unpaired) electrons. The van der Waals surface area contributed by atoms with Crippen LogP contribution in [0.2, 0.25) is 0 Å². The van der Waals surface area contributed by atoms with E-state index in [4.69, 9.17) is 18.6 Å². The molecule has 0 spiro atoms. The van der Waals surface area contributed by atoms with E-state index < -0.39 is 5.91 Å². The Morgan fingerprint density at radius 3 is 2.56 bits per heavy atom. The zero-order chi connectivity index (χ0) is 19.4. The van der Waals surface area contributed by atoms with Gasteiger partial charge in [-0.25, -0.2) is 5.43 Å². The molecule has 2 aromatic carbocycles. The van der Waals surface area contributed by atoms with Gasteiger partial charge in [-0.2, -0.15) is 5.10 Å². The van der Waals surface area contributed by atoms with Crippen LogP contribution in [0.25, 0.3) is 11.0 Å². The fourth-order valence-electron chi connectivity index (χ4n) is 2.57. The second-order valence-corrected chi connectivity index (χ2v) is 6.33. The maximum Gasteiger partial charge on any atom is 0.307 e. The fourth-order valence-corrected chi connectivity index (χ4v) is 2.95. The average molecular weight is 433 g/mol. The van der Waals surface area contributed by atoms with Crippen LogP contribution in [-0.2, 0) is 0 Å². The number of benzene rings is 2. The van der Waals surface area contributed by atoms with Crippen molar-refractivity contribution in [2.45, 2.75) is 0 Å². The largest absolute Gasteiger partial charge is 0.493 e. The minimum atomic E-state index is -0.460. The maximum atomic E-state index is 12.3. The first kappa shape index (κ1) is 18.8. The fraction of sp³-hybridized carbons (Fsp3) is 0.158. The molecule has 0 aliphatic rings. The minimum Gasteiger partial charge on any atom is -0.493 e. The molecule has 0 bridgehead atoms. The van der Waals surface area contributed by atoms with Gasteiger partial charge in [0.2, 0.25) is 5.75 Å². The molecule has 7 nitrogen and oxygen atoms in total. The lowest BCUT2D eigenvalue weighted by atomic mass is 10.2. The van der Waals surface area contributed by atoms with E-state index in [9.17, 15) is 4.79 Å². The van der Waals surface area contributed by atoms with Crippen molar-refractivity contribution in [3.05, 3.63) is 52.2 Å². The minimum absolute atomic E-state index is 0.166. The first-order valence-corrected chi connectivity index (χ1v) is 8.68. The molecule has 8 heteroatoms. The monoisotopic (exact) mass is 432 g/mol. The van der Waals surface area contributed by atoms with Gasteiger partial charge < -0.3 is 18.6 Å². The number of halogens is 1. The zero-order valence-electron chi connectivity index (χ0n) is 14.9. The third-order valence-electron chi connectivity index (χ3n) is 3.81. The Morgan fingerprint density at radius 2 is 1.85 bits per heavy atom. The predicted octanol–water partition coefficient (Wildman–Crippen LogP) is 3.99. The number of hydrogen-bond donors (Lipinski definition) is 1. The van der Waals surface area contributed by atoms with E-state index in [2.05, 4.69) is 26.5 Å². The van der Waals surface area contributed by atoms with Gasteiger partial charge in [0, 0.05) is 15.4 Å². The van der Waals surface area contributed by atoms with Crippen LogP contribution in [0.3, 0.4) is 0 Å². The van der Waals surface area contributed by atoms with Gasteiger partial charge in [-0.3, -0.25) is 4.79 Å². The number of hydrazone groups is 1. The molecule has 0 aliphatic heterocycles. The second-order valence-electron chi connectivity index (χ2n) is 5.42. The summed E-state index contributed by atoms with van der Waals surface area (Å²) in [6.45, 7) is 0. The van der Waals surface area contributed by atoms with Gasteiger partial charge in [-0.1, -0.05) is 15.9 Å². The number of ether oxygens (including phenoxy) is 3. The quantitative estimate of drug-likeness (QED) is 0.470. The standard InChI is InChI=1S/C19H17BrN2O5/c1-24-15-6-4-11(17(25-2)18(15)26-3)10-21-22-19(23)16-9-12-8-13(20)5-7-14(12)27-16/h4-10H,1-3H3,(H,22,23)/b21-10+. The van der Waals surface area contributed by atoms with Gasteiger partial charge in [0.1, 0.15) is 5.58 Å². The smallest absolute Gasteiger partial charge is 0.307 e. The van der Waals surface area contributed by atoms with Crippen molar-refractivity contribution in [2.24, 2.45) is 5.10 Å². The molecule has 3 rings (SSSR count). The van der Waals surface area contributed by atoms with Gasteiger partial charge in [-0.05, 0) is 36.4 Å². The van der Waals surface area contributed by atoms with Gasteiger partial charge >= 0.3 is 5.91 Å². The Hall–Kier alpha value is -3.00. The number of carbonyl (C=O) groups is 1. The Kier molecular flexibility index (Phi) is 5.66. The van der Waals surface area contributed by atoms with Crippen LogP contribution in [0.5, 0.6) is 17.2 Å². The van der Waals surface area contributed by atoms with E-state index in [1.54, 1.807) is 24.3 Å². The number of furan rings is 1. The average Bonchev–Trinajstić information content (AvgIpc) is 3.10. The molecular weight excluding hydrogens is 416 g/mol. The van der Waals surface area contributed by atoms with E-state index in [1.807, 2.05) is 12.1 Å². The summed E-state index contributed by atoms with van der Waals surface area (Å²) in [6, 6.07) is 10.6. The highest BCUT2D eigenvalue weighted by Gasteiger charge is 2.15. The summed E-state index contributed by atoms with van der Waals surface area (Å²) in [7, 11) is 4.57. The number of methoxy groups -OCH3 is 3. The van der Waals surface area contributed by atoms with Crippen LogP contribution in [0.15, 0.2) is 50.4 Å². The Labute approximate surface area is 164 Å². The number of amides is 1. The first-order valence-electron chi connectivity index (χ1n) is 7.89. The van der Waals surface area contributed by atoms with E-state index in [1.165, 1.54) is 27.5 Å². The van der Waals surface area contributed by atoms with Gasteiger partial charge in [-0.15, -0.1) is 0 Å². The number of nitrogens with zero attached hydrogens (tertiary/aromatic N) is 1. The van der Waals surface area contributed by atoms with Crippen molar-refractivity contribution in [1.82, 2.24) is 5.43 Å². The summed E-state index contributed by atoms with van der Waals surface area (Å²) in [5.74, 6) is 1.13. The third-order valence-corrected chi connectivity index (χ3v) is 4.30. The van der Waals surface area contributed by atoms with Crippen LogP contribution in [0.1, 0.15) is 16.1 Å². The molecule has 3 aromatic rings. The van der Waals surface area contributed by atoms with Gasteiger partial charge in [0.15, 0.2) is 17.3 Å². The Morgan fingerprint density at radius 1 is 1.07 bits per heavy atom. The molecule has 0 atom stereocenters. The molecule has 27 heavy (non-hydrogen) atoms. The van der Waals surface area contributed by atoms with E-state index in [0.717, 1.165) is 9.86 Å². The van der Waals surface area contributed by atoms with Crippen LogP contribution < -0.4 is 19.6 Å². The topological polar surface area (TPSA) is 82.3 Å². The number of rotatable bonds is 6. The van der Waals surface area contributed by atoms with Crippen LogP contribution in [0, 0.1) is 0 Å². The molecule has 1 heterocycles. The van der Waals surface area contributed by atoms with Gasteiger partial charge in [0.05, 0.1) is 27.5 Å². The van der Waals surface area contributed by atoms with E-state index in [-0.39, 0.29) is 5.76 Å². The normalized spacial score (nSPS) is 11.0. The third kappa shape index (κ3) is 3.90. The lowest BCUT2D eigenvalue weighted by Crippen LogP contribution is -2.16. The molecule has 1 amide bonds. The van der Waals surface area contributed by atoms with Crippen molar-refractivity contribution >= 4 is 39.0 Å². The zero-order valence-corrected chi connectivity index (χ0v) is 16.5. The highest BCUT2D eigenvalue weighted by molar-refractivity contribution is 9.10. The van der Waals surface area contributed by atoms with Crippen molar-refractivity contribution in [2.75, 3.05) is 21.3 Å². The molecule has 0 aliphatic carbocycles. The summed E-state index contributed by atoms with van der Waals surface area (Å²) >= 11 is 3.39. The second kappa shape index (κ2) is 8.13. The van der Waals surface area contributed by atoms with E-state index >= 15 is 0 Å². The van der Waals surface area contributed by atoms with Crippen LogP contribution in [-0.4, -0.2) is 33.5 Å². The molecule has 1 aromatic heterocycles. The highest BCUT2D eigenvalue weighted by Crippen LogP contribution is 2.38. The van der Waals surface area contributed by atoms with Gasteiger partial charge in [0.25, 0.3) is 0 Å². The molecule has 140 valence electrons. The number of carbonyl (C=O) groups excluding carboxylic acids is 1. The Balaban J connectivity index is 1.79. The molecule has 0 saturated heterocycles. The van der Waals surface area contributed by atoms with Crippen molar-refractivity contribution < 1.29 is 23.4 Å². The maximum absolute atomic E-state index is 12.3. The summed E-state index contributed by atoms with van der Waals surface area (Å²) in [5, 5.41) is 4.79. The summed E-state index contributed by atoms with van der Waals surface area (Å²) < 4.78 is 22.4. The molecule has 0 saturated carbocycles. The number of nitrogens with one attached hydrogen (secondary N) is 1. The van der Waals surface area contributed by atoms with Crippen molar-refractivity contribution in [3.8, 4) is 17.2 Å². The molecule has 0 unspecified atom stereocenters. The summed E-state index contributed by atoms with van der Waals surface area (Å²) in [6.07, 6.45) is 1.46. The first-order chi connectivity index (χ1) is 13.1. The summed E-state index contributed by atoms with van der Waals surface area (Å²) in [5.41, 5.74) is 3.67. The van der Waals surface area contributed by atoms with Crippen molar-refractivity contribution in [3.63, 3.8) is 0 Å². The summed E-state index contributed by atoms with van der Waals surface area (Å²) in [4.78, 5) is 12.3. The predicted molar refractivity (Wildman–Crippen MR) is 105 cm³/mol. The SMILES string of the molecule is COc1ccc(/C=N/NC(=O)c2cc3cc(Br)ccc3o2)c(OC)c1OC. The molecule has 1 N–H and O–H groups in total. The number of fused-ring (bicyclic) bond motifs is 1. The lowest BCUT2D eigenvalue weighted by molar-refractivity contribution is 0.0929. The van der Waals surface area contributed by atoms with E-state index in [0.29, 0.717) is 28.4 Å². The van der Waals surface area contributed by atoms with Crippen molar-refractivity contribution in [1.29, 1.82) is 0 Å². The van der Waals surface area contributed by atoms with Crippen LogP contribution in [0.4, 0.5) is 0 Å². The Bertz CT molecular complexity index is 1010. The number of hydrogen-bond acceptors (Lipinski definition) is 6. The molecular formula is C19H17BrN2O5. The van der Waals surface area contributed by atoms with Crippen LogP contribution >= 0.6 is 15.9 Å². The molecule has 0 fully saturated rings. The highest BCUT2D eigenvalue weighted by atomic mass is 79.9.